The van der Waals surface area contributed by atoms with Gasteiger partial charge in [-0.2, -0.15) is 0 Å². The van der Waals surface area contributed by atoms with Crippen molar-refractivity contribution in [2.24, 2.45) is 29.1 Å². The van der Waals surface area contributed by atoms with Crippen molar-refractivity contribution < 1.29 is 9.90 Å². The van der Waals surface area contributed by atoms with Crippen molar-refractivity contribution in [2.45, 2.75) is 72.1 Å². The Balaban J connectivity index is 2.10. The zero-order chi connectivity index (χ0) is 14.0. The van der Waals surface area contributed by atoms with Crippen LogP contribution in [0.2, 0.25) is 0 Å². The van der Waals surface area contributed by atoms with Gasteiger partial charge in [0.1, 0.15) is 0 Å². The molecule has 0 heterocycles. The molecule has 0 spiro atoms. The zero-order valence-electron chi connectivity index (χ0n) is 12.8. The van der Waals surface area contributed by atoms with Crippen LogP contribution in [0.3, 0.4) is 0 Å². The molecule has 0 bridgehead atoms. The van der Waals surface area contributed by atoms with E-state index in [9.17, 15) is 9.90 Å². The van der Waals surface area contributed by atoms with Crippen LogP contribution >= 0.6 is 0 Å². The van der Waals surface area contributed by atoms with Crippen LogP contribution in [0.5, 0.6) is 0 Å². The maximum absolute atomic E-state index is 11.6. The molecular weight excluding hydrogens is 236 g/mol. The Labute approximate surface area is 118 Å². The maximum atomic E-state index is 11.6. The van der Waals surface area contributed by atoms with Crippen LogP contribution in [0.1, 0.15) is 72.1 Å². The van der Waals surface area contributed by atoms with Crippen LogP contribution in [0.15, 0.2) is 0 Å². The minimum Gasteiger partial charge on any atom is -0.481 e. The van der Waals surface area contributed by atoms with Gasteiger partial charge in [-0.15, -0.1) is 0 Å². The number of rotatable bonds is 2. The Kier molecular flexibility index (Phi) is 4.58. The molecule has 0 aromatic carbocycles. The van der Waals surface area contributed by atoms with Gasteiger partial charge in [-0.25, -0.2) is 0 Å². The number of carboxylic acids is 1. The van der Waals surface area contributed by atoms with E-state index in [1.165, 1.54) is 32.1 Å². The normalized spacial score (nSPS) is 34.2. The van der Waals surface area contributed by atoms with E-state index in [0.717, 1.165) is 19.3 Å². The highest BCUT2D eigenvalue weighted by Crippen LogP contribution is 2.48. The first-order valence-electron chi connectivity index (χ1n) is 8.12. The molecule has 2 aliphatic rings. The second-order valence-corrected chi connectivity index (χ2v) is 7.88. The van der Waals surface area contributed by atoms with Crippen molar-refractivity contribution >= 4 is 5.97 Å². The summed E-state index contributed by atoms with van der Waals surface area (Å²) in [7, 11) is 0. The SMILES string of the molecule is CC(C)(C)C1CCC(C(=O)O)C(C2CCCCC2)C1. The molecule has 0 radical (unpaired) electrons. The number of hydrogen-bond donors (Lipinski definition) is 1. The van der Waals surface area contributed by atoms with E-state index >= 15 is 0 Å². The number of carboxylic acid groups (broad SMARTS) is 1. The lowest BCUT2D eigenvalue weighted by Gasteiger charge is -2.44. The molecule has 19 heavy (non-hydrogen) atoms. The molecule has 0 aliphatic heterocycles. The van der Waals surface area contributed by atoms with Crippen LogP contribution < -0.4 is 0 Å². The highest BCUT2D eigenvalue weighted by atomic mass is 16.4. The van der Waals surface area contributed by atoms with Crippen LogP contribution in [-0.4, -0.2) is 11.1 Å². The molecule has 1 N–H and O–H groups in total. The topological polar surface area (TPSA) is 37.3 Å². The predicted molar refractivity (Wildman–Crippen MR) is 78.0 cm³/mol. The quantitative estimate of drug-likeness (QED) is 0.784. The van der Waals surface area contributed by atoms with E-state index in [2.05, 4.69) is 20.8 Å². The third-order valence-corrected chi connectivity index (χ3v) is 5.70. The Morgan fingerprint density at radius 3 is 2.16 bits per heavy atom. The first-order chi connectivity index (χ1) is 8.89. The van der Waals surface area contributed by atoms with Crippen LogP contribution in [0.25, 0.3) is 0 Å². The van der Waals surface area contributed by atoms with Crippen LogP contribution in [0, 0.1) is 29.1 Å². The third kappa shape index (κ3) is 3.52. The van der Waals surface area contributed by atoms with Gasteiger partial charge in [0, 0.05) is 0 Å². The molecule has 3 unspecified atom stereocenters. The van der Waals surface area contributed by atoms with Gasteiger partial charge in [0.25, 0.3) is 0 Å². The largest absolute Gasteiger partial charge is 0.481 e. The van der Waals surface area contributed by atoms with Crippen molar-refractivity contribution in [3.8, 4) is 0 Å². The van der Waals surface area contributed by atoms with Crippen molar-refractivity contribution in [1.82, 2.24) is 0 Å². The molecule has 2 aliphatic carbocycles. The molecule has 2 saturated carbocycles. The molecule has 0 amide bonds. The predicted octanol–water partition coefficient (Wildman–Crippen LogP) is 4.73. The average Bonchev–Trinajstić information content (AvgIpc) is 2.38. The number of carbonyl (C=O) groups is 1. The Hall–Kier alpha value is -0.530. The molecule has 0 aromatic heterocycles. The standard InChI is InChI=1S/C17H30O2/c1-17(2,3)13-9-10-14(16(18)19)15(11-13)12-7-5-4-6-8-12/h12-15H,4-11H2,1-3H3,(H,18,19). The molecule has 2 heteroatoms. The van der Waals surface area contributed by atoms with E-state index in [0.29, 0.717) is 23.2 Å². The summed E-state index contributed by atoms with van der Waals surface area (Å²) in [6.45, 7) is 6.95. The van der Waals surface area contributed by atoms with Crippen molar-refractivity contribution in [3.63, 3.8) is 0 Å². The van der Waals surface area contributed by atoms with Gasteiger partial charge in [0.15, 0.2) is 0 Å². The van der Waals surface area contributed by atoms with Crippen LogP contribution in [0.4, 0.5) is 0 Å². The van der Waals surface area contributed by atoms with Crippen molar-refractivity contribution in [3.05, 3.63) is 0 Å². The summed E-state index contributed by atoms with van der Waals surface area (Å²) >= 11 is 0. The lowest BCUT2D eigenvalue weighted by atomic mass is 9.60. The molecule has 110 valence electrons. The second kappa shape index (κ2) is 5.85. The van der Waals surface area contributed by atoms with Gasteiger partial charge in [0.2, 0.25) is 0 Å². The van der Waals surface area contributed by atoms with Gasteiger partial charge in [-0.1, -0.05) is 52.9 Å². The monoisotopic (exact) mass is 266 g/mol. The minimum absolute atomic E-state index is 0.0679. The summed E-state index contributed by atoms with van der Waals surface area (Å²) in [5, 5.41) is 9.53. The summed E-state index contributed by atoms with van der Waals surface area (Å²) in [4.78, 5) is 11.6. The average molecular weight is 266 g/mol. The van der Waals surface area contributed by atoms with Gasteiger partial charge < -0.3 is 5.11 Å². The first kappa shape index (κ1) is 14.9. The maximum Gasteiger partial charge on any atom is 0.306 e. The van der Waals surface area contributed by atoms with Crippen LogP contribution in [-0.2, 0) is 4.79 Å². The summed E-state index contributed by atoms with van der Waals surface area (Å²) in [6, 6.07) is 0. The Bertz CT molecular complexity index is 310. The number of hydrogen-bond acceptors (Lipinski definition) is 1. The molecule has 3 atom stereocenters. The molecule has 2 nitrogen and oxygen atoms in total. The summed E-state index contributed by atoms with van der Waals surface area (Å²) in [5.41, 5.74) is 0.330. The van der Waals surface area contributed by atoms with Crippen molar-refractivity contribution in [2.75, 3.05) is 0 Å². The highest BCUT2D eigenvalue weighted by molar-refractivity contribution is 5.70. The smallest absolute Gasteiger partial charge is 0.306 e. The fourth-order valence-corrected chi connectivity index (χ4v) is 4.38. The summed E-state index contributed by atoms with van der Waals surface area (Å²) < 4.78 is 0. The first-order valence-corrected chi connectivity index (χ1v) is 8.12. The van der Waals surface area contributed by atoms with Gasteiger partial charge >= 0.3 is 5.97 Å². The van der Waals surface area contributed by atoms with Gasteiger partial charge in [-0.3, -0.25) is 4.79 Å². The molecule has 2 rings (SSSR count). The second-order valence-electron chi connectivity index (χ2n) is 7.88. The molecular formula is C17H30O2. The third-order valence-electron chi connectivity index (χ3n) is 5.70. The Morgan fingerprint density at radius 1 is 1.00 bits per heavy atom. The number of aliphatic carboxylic acids is 1. The van der Waals surface area contributed by atoms with Crippen molar-refractivity contribution in [1.29, 1.82) is 0 Å². The van der Waals surface area contributed by atoms with E-state index < -0.39 is 5.97 Å². The van der Waals surface area contributed by atoms with E-state index in [1.807, 2.05) is 0 Å². The zero-order valence-corrected chi connectivity index (χ0v) is 12.8. The molecule has 0 aromatic rings. The molecule has 2 fully saturated rings. The Morgan fingerprint density at radius 2 is 1.63 bits per heavy atom. The van der Waals surface area contributed by atoms with E-state index in [4.69, 9.17) is 0 Å². The highest BCUT2D eigenvalue weighted by Gasteiger charge is 2.42. The van der Waals surface area contributed by atoms with E-state index in [1.54, 1.807) is 0 Å². The molecule has 0 saturated heterocycles. The van der Waals surface area contributed by atoms with Gasteiger partial charge in [0.05, 0.1) is 5.92 Å². The fraction of sp³-hybridized carbons (Fsp3) is 0.941. The fourth-order valence-electron chi connectivity index (χ4n) is 4.38. The summed E-state index contributed by atoms with van der Waals surface area (Å²) in [5.74, 6) is 1.22. The summed E-state index contributed by atoms with van der Waals surface area (Å²) in [6.07, 6.45) is 9.66. The van der Waals surface area contributed by atoms with Gasteiger partial charge in [-0.05, 0) is 42.4 Å². The lowest BCUT2D eigenvalue weighted by Crippen LogP contribution is -2.39. The van der Waals surface area contributed by atoms with E-state index in [-0.39, 0.29) is 5.92 Å². The lowest BCUT2D eigenvalue weighted by molar-refractivity contribution is -0.147. The minimum atomic E-state index is -0.539.